The van der Waals surface area contributed by atoms with Crippen LogP contribution in [0.2, 0.25) is 0 Å². The van der Waals surface area contributed by atoms with E-state index in [0.717, 1.165) is 24.2 Å². The van der Waals surface area contributed by atoms with E-state index in [1.165, 1.54) is 24.2 Å². The van der Waals surface area contributed by atoms with Gasteiger partial charge in [-0.3, -0.25) is 0 Å². The molecule has 2 fully saturated rings. The number of fused-ring (bicyclic) bond motifs is 2. The van der Waals surface area contributed by atoms with Gasteiger partial charge in [-0.25, -0.2) is 9.97 Å². The quantitative estimate of drug-likeness (QED) is 0.622. The van der Waals surface area contributed by atoms with Gasteiger partial charge in [0.15, 0.2) is 16.6 Å². The zero-order valence-electron chi connectivity index (χ0n) is 18.3. The van der Waals surface area contributed by atoms with Crippen LogP contribution in [0.25, 0.3) is 22.6 Å². The van der Waals surface area contributed by atoms with Gasteiger partial charge in [-0.1, -0.05) is 6.07 Å². The summed E-state index contributed by atoms with van der Waals surface area (Å²) in [5.41, 5.74) is 2.24. The van der Waals surface area contributed by atoms with Crippen LogP contribution in [0.3, 0.4) is 0 Å². The summed E-state index contributed by atoms with van der Waals surface area (Å²) < 4.78 is 0. The largest absolute Gasteiger partial charge is 0.507 e. The van der Waals surface area contributed by atoms with Crippen LogP contribution in [0.1, 0.15) is 44.5 Å². The summed E-state index contributed by atoms with van der Waals surface area (Å²) in [4.78, 5) is 10.9. The molecule has 4 heterocycles. The lowest BCUT2D eigenvalue weighted by Gasteiger charge is -2.45. The number of phenols is 1. The van der Waals surface area contributed by atoms with Crippen molar-refractivity contribution in [2.75, 3.05) is 11.9 Å². The first kappa shape index (κ1) is 20.8. The highest BCUT2D eigenvalue weighted by Crippen LogP contribution is 2.43. The Hall–Kier alpha value is -3.09. The monoisotopic (exact) mass is 447 g/mol. The number of nitrogens with one attached hydrogen (secondary N) is 1. The van der Waals surface area contributed by atoms with E-state index in [1.807, 2.05) is 12.1 Å². The van der Waals surface area contributed by atoms with Gasteiger partial charge in [0.25, 0.3) is 0 Å². The van der Waals surface area contributed by atoms with Gasteiger partial charge in [0.2, 0.25) is 0 Å². The van der Waals surface area contributed by atoms with Crippen molar-refractivity contribution < 1.29 is 5.11 Å². The van der Waals surface area contributed by atoms with Gasteiger partial charge in [0.1, 0.15) is 11.8 Å². The number of phenolic OH excluding ortho intramolecular Hbond substituents is 1. The number of thiazole rings is 1. The smallest absolute Gasteiger partial charge is 0.194 e. The van der Waals surface area contributed by atoms with E-state index in [-0.39, 0.29) is 16.8 Å². The second kappa shape index (κ2) is 7.50. The summed E-state index contributed by atoms with van der Waals surface area (Å²) in [5, 5.41) is 34.2. The minimum absolute atomic E-state index is 0.0488. The molecule has 2 aliphatic heterocycles. The summed E-state index contributed by atoms with van der Waals surface area (Å²) in [6.45, 7) is 4.62. The molecule has 9 heteroatoms. The third kappa shape index (κ3) is 3.70. The van der Waals surface area contributed by atoms with Crippen molar-refractivity contribution in [1.82, 2.24) is 25.5 Å². The molecular formula is C23H25N7OS. The predicted molar refractivity (Wildman–Crippen MR) is 123 cm³/mol. The highest BCUT2D eigenvalue weighted by molar-refractivity contribution is 7.10. The van der Waals surface area contributed by atoms with Crippen LogP contribution in [0.5, 0.6) is 5.75 Å². The second-order valence-electron chi connectivity index (χ2n) is 9.44. The molecule has 0 amide bonds. The number of rotatable bonds is 4. The van der Waals surface area contributed by atoms with Crippen molar-refractivity contribution in [3.8, 4) is 34.5 Å². The number of aromatic nitrogens is 4. The summed E-state index contributed by atoms with van der Waals surface area (Å²) in [7, 11) is 2.06. The highest BCUT2D eigenvalue weighted by Gasteiger charge is 2.49. The number of nitriles is 1. The first-order valence-electron chi connectivity index (χ1n) is 10.7. The lowest BCUT2D eigenvalue weighted by Crippen LogP contribution is -2.58. The molecule has 32 heavy (non-hydrogen) atoms. The van der Waals surface area contributed by atoms with E-state index >= 15 is 0 Å². The number of anilines is 1. The molecule has 0 spiro atoms. The minimum atomic E-state index is 0.0488. The number of hydrogen-bond donors (Lipinski definition) is 2. The van der Waals surface area contributed by atoms with Gasteiger partial charge in [-0.05, 0) is 51.7 Å². The predicted octanol–water partition coefficient (Wildman–Crippen LogP) is 3.74. The molecule has 0 saturated carbocycles. The Morgan fingerprint density at radius 3 is 2.56 bits per heavy atom. The Morgan fingerprint density at radius 1 is 1.22 bits per heavy atom. The number of piperidine rings is 1. The molecule has 1 unspecified atom stereocenters. The SMILES string of the molecule is CN(c1cnc(-c2ccc(-c3csc(C#N)n3)cc2O)nn1)C1C[C@]2(C)CC[C@](C)(C1)N2. The molecule has 1 aromatic carbocycles. The van der Waals surface area contributed by atoms with Gasteiger partial charge >= 0.3 is 0 Å². The molecule has 2 aromatic heterocycles. The second-order valence-corrected chi connectivity index (χ2v) is 10.3. The van der Waals surface area contributed by atoms with Gasteiger partial charge in [0.05, 0.1) is 17.5 Å². The number of nitrogens with zero attached hydrogens (tertiary/aromatic N) is 6. The van der Waals surface area contributed by atoms with Crippen LogP contribution in [-0.2, 0) is 0 Å². The maximum absolute atomic E-state index is 10.6. The van der Waals surface area contributed by atoms with Crippen molar-refractivity contribution in [3.63, 3.8) is 0 Å². The molecule has 2 bridgehead atoms. The van der Waals surface area contributed by atoms with E-state index in [0.29, 0.717) is 28.1 Å². The number of hydrogen-bond acceptors (Lipinski definition) is 9. The topological polar surface area (TPSA) is 111 Å². The van der Waals surface area contributed by atoms with E-state index < -0.39 is 0 Å². The molecule has 2 saturated heterocycles. The Kier molecular flexibility index (Phi) is 4.87. The van der Waals surface area contributed by atoms with Crippen molar-refractivity contribution >= 4 is 17.2 Å². The van der Waals surface area contributed by atoms with Crippen molar-refractivity contribution in [3.05, 3.63) is 34.8 Å². The molecule has 0 radical (unpaired) electrons. The lowest BCUT2D eigenvalue weighted by atomic mass is 9.84. The van der Waals surface area contributed by atoms with Crippen molar-refractivity contribution in [1.29, 1.82) is 5.26 Å². The Balaban J connectivity index is 1.35. The van der Waals surface area contributed by atoms with Gasteiger partial charge in [-0.2, -0.15) is 5.26 Å². The maximum Gasteiger partial charge on any atom is 0.194 e. The molecule has 0 aliphatic carbocycles. The summed E-state index contributed by atoms with van der Waals surface area (Å²) in [5.74, 6) is 1.15. The van der Waals surface area contributed by atoms with E-state index in [2.05, 4.69) is 51.3 Å². The molecule has 8 nitrogen and oxygen atoms in total. The Labute approximate surface area is 191 Å². The van der Waals surface area contributed by atoms with Crippen LogP contribution >= 0.6 is 11.3 Å². The summed E-state index contributed by atoms with van der Waals surface area (Å²) in [6.07, 6.45) is 6.25. The average molecular weight is 448 g/mol. The third-order valence-corrected chi connectivity index (χ3v) is 7.54. The van der Waals surface area contributed by atoms with Gasteiger partial charge in [0, 0.05) is 35.1 Å². The van der Waals surface area contributed by atoms with Gasteiger partial charge in [-0.15, -0.1) is 21.5 Å². The normalized spacial score (nSPS) is 26.6. The molecule has 2 N–H and O–H groups in total. The fourth-order valence-corrected chi connectivity index (χ4v) is 5.79. The Morgan fingerprint density at radius 2 is 1.97 bits per heavy atom. The standard InChI is InChI=1S/C23H25N7OS/c1-22-6-7-23(2,29-22)10-15(9-22)30(3)19-12-25-21(28-27-19)16-5-4-14(8-18(16)31)17-13-32-20(11-24)26-17/h4-5,8,12-13,15,29,31H,6-7,9-10H2,1-3H3/t15?,22-,23+. The number of aromatic hydroxyl groups is 1. The molecule has 5 rings (SSSR count). The van der Waals surface area contributed by atoms with Gasteiger partial charge < -0.3 is 15.3 Å². The first-order chi connectivity index (χ1) is 15.3. The molecule has 164 valence electrons. The highest BCUT2D eigenvalue weighted by atomic mass is 32.1. The van der Waals surface area contributed by atoms with Crippen LogP contribution in [0, 0.1) is 11.3 Å². The zero-order valence-corrected chi connectivity index (χ0v) is 19.1. The third-order valence-electron chi connectivity index (χ3n) is 6.80. The maximum atomic E-state index is 10.6. The first-order valence-corrected chi connectivity index (χ1v) is 11.6. The van der Waals surface area contributed by atoms with E-state index in [4.69, 9.17) is 5.26 Å². The van der Waals surface area contributed by atoms with Crippen molar-refractivity contribution in [2.24, 2.45) is 0 Å². The van der Waals surface area contributed by atoms with E-state index in [1.54, 1.807) is 23.7 Å². The molecule has 2 aliphatic rings. The van der Waals surface area contributed by atoms with E-state index in [9.17, 15) is 5.11 Å². The zero-order chi connectivity index (χ0) is 22.5. The van der Waals surface area contributed by atoms with Crippen LogP contribution < -0.4 is 10.2 Å². The van der Waals surface area contributed by atoms with Crippen LogP contribution in [0.15, 0.2) is 29.8 Å². The molecule has 3 atom stereocenters. The fourth-order valence-electron chi connectivity index (χ4n) is 5.18. The van der Waals surface area contributed by atoms with Crippen LogP contribution in [0.4, 0.5) is 5.82 Å². The lowest BCUT2D eigenvalue weighted by molar-refractivity contribution is 0.207. The Bertz CT molecular complexity index is 1190. The summed E-state index contributed by atoms with van der Waals surface area (Å²) in [6, 6.07) is 7.60. The summed E-state index contributed by atoms with van der Waals surface area (Å²) >= 11 is 1.27. The minimum Gasteiger partial charge on any atom is -0.507 e. The number of benzene rings is 1. The fraction of sp³-hybridized carbons (Fsp3) is 0.435. The van der Waals surface area contributed by atoms with Crippen LogP contribution in [-0.4, -0.2) is 49.4 Å². The van der Waals surface area contributed by atoms with Crippen molar-refractivity contribution in [2.45, 2.75) is 56.7 Å². The molecular weight excluding hydrogens is 422 g/mol. The average Bonchev–Trinajstić information content (AvgIpc) is 3.34. The molecule has 3 aromatic rings.